The maximum absolute atomic E-state index is 5.82. The third-order valence-electron chi connectivity index (χ3n) is 2.31. The first-order valence-electron chi connectivity index (χ1n) is 5.39. The minimum atomic E-state index is 0.789. The molecule has 88 valence electrons. The van der Waals surface area contributed by atoms with Crippen molar-refractivity contribution in [2.45, 2.75) is 12.8 Å². The molecule has 2 N–H and O–H groups in total. The molecule has 1 aromatic carbocycles. The Labute approximate surface area is 102 Å². The zero-order valence-electron chi connectivity index (χ0n) is 9.76. The van der Waals surface area contributed by atoms with Crippen LogP contribution in [0, 0.1) is 0 Å². The highest BCUT2D eigenvalue weighted by atomic mass is 35.5. The Kier molecular flexibility index (Phi) is 5.72. The molecule has 0 fully saturated rings. The number of nitrogens with zero attached hydrogens (tertiary/aromatic N) is 1. The van der Waals surface area contributed by atoms with Gasteiger partial charge in [-0.15, -0.1) is 0 Å². The van der Waals surface area contributed by atoms with Crippen LogP contribution in [0.1, 0.15) is 12.0 Å². The summed E-state index contributed by atoms with van der Waals surface area (Å²) in [4.78, 5) is 4.04. The molecule has 0 heterocycles. The first-order valence-corrected chi connectivity index (χ1v) is 5.77. The molecule has 4 heteroatoms. The standard InChI is InChI=1S/C12H18ClN3/c1-14-12(15-2)16-9-3-4-10-5-7-11(13)8-6-10/h5-8H,3-4,9H2,1-2H3,(H2,14,15,16). The molecule has 0 aliphatic rings. The highest BCUT2D eigenvalue weighted by Gasteiger charge is 1.95. The predicted octanol–water partition coefficient (Wildman–Crippen LogP) is 2.07. The number of aliphatic imine (C=N–C) groups is 1. The number of benzene rings is 1. The largest absolute Gasteiger partial charge is 0.359 e. The van der Waals surface area contributed by atoms with Gasteiger partial charge in [-0.1, -0.05) is 23.7 Å². The van der Waals surface area contributed by atoms with Crippen molar-refractivity contribution in [3.05, 3.63) is 34.9 Å². The molecule has 0 saturated carbocycles. The first-order chi connectivity index (χ1) is 7.76. The van der Waals surface area contributed by atoms with Gasteiger partial charge < -0.3 is 10.6 Å². The van der Waals surface area contributed by atoms with Gasteiger partial charge in [0.15, 0.2) is 5.96 Å². The molecular formula is C12H18ClN3. The van der Waals surface area contributed by atoms with Crippen molar-refractivity contribution in [1.29, 1.82) is 0 Å². The van der Waals surface area contributed by atoms with Crippen LogP contribution in [-0.4, -0.2) is 26.6 Å². The van der Waals surface area contributed by atoms with Crippen molar-refractivity contribution < 1.29 is 0 Å². The molecule has 0 saturated heterocycles. The molecule has 0 aromatic heterocycles. The van der Waals surface area contributed by atoms with Crippen LogP contribution < -0.4 is 10.6 Å². The van der Waals surface area contributed by atoms with Crippen LogP contribution in [0.25, 0.3) is 0 Å². The van der Waals surface area contributed by atoms with Crippen LogP contribution in [0.3, 0.4) is 0 Å². The highest BCUT2D eigenvalue weighted by Crippen LogP contribution is 2.10. The van der Waals surface area contributed by atoms with E-state index in [1.165, 1.54) is 5.56 Å². The van der Waals surface area contributed by atoms with E-state index in [1.807, 2.05) is 19.2 Å². The molecule has 0 aliphatic heterocycles. The van der Waals surface area contributed by atoms with Gasteiger partial charge in [-0.2, -0.15) is 0 Å². The van der Waals surface area contributed by atoms with E-state index in [0.717, 1.165) is 30.4 Å². The monoisotopic (exact) mass is 239 g/mol. The molecule has 0 amide bonds. The van der Waals surface area contributed by atoms with Crippen molar-refractivity contribution in [2.24, 2.45) is 4.99 Å². The average Bonchev–Trinajstić information content (AvgIpc) is 2.32. The fourth-order valence-electron chi connectivity index (χ4n) is 1.43. The Morgan fingerprint density at radius 3 is 2.56 bits per heavy atom. The van der Waals surface area contributed by atoms with Crippen molar-refractivity contribution in [3.8, 4) is 0 Å². The van der Waals surface area contributed by atoms with Crippen molar-refractivity contribution in [3.63, 3.8) is 0 Å². The van der Waals surface area contributed by atoms with E-state index in [1.54, 1.807) is 7.05 Å². The fraction of sp³-hybridized carbons (Fsp3) is 0.417. The van der Waals surface area contributed by atoms with Crippen LogP contribution >= 0.6 is 11.6 Å². The lowest BCUT2D eigenvalue weighted by Gasteiger charge is -2.08. The molecular weight excluding hydrogens is 222 g/mol. The lowest BCUT2D eigenvalue weighted by molar-refractivity contribution is 0.758. The van der Waals surface area contributed by atoms with Crippen LogP contribution in [-0.2, 0) is 6.42 Å². The van der Waals surface area contributed by atoms with E-state index >= 15 is 0 Å². The Hall–Kier alpha value is -1.22. The third kappa shape index (κ3) is 4.53. The summed E-state index contributed by atoms with van der Waals surface area (Å²) in [5.74, 6) is 0.830. The van der Waals surface area contributed by atoms with Crippen LogP contribution in [0.5, 0.6) is 0 Å². The molecule has 0 bridgehead atoms. The number of guanidine groups is 1. The molecule has 0 aliphatic carbocycles. The van der Waals surface area contributed by atoms with E-state index in [9.17, 15) is 0 Å². The summed E-state index contributed by atoms with van der Waals surface area (Å²) in [6, 6.07) is 7.98. The topological polar surface area (TPSA) is 36.4 Å². The summed E-state index contributed by atoms with van der Waals surface area (Å²) >= 11 is 5.82. The molecule has 1 aromatic rings. The van der Waals surface area contributed by atoms with E-state index in [0.29, 0.717) is 0 Å². The van der Waals surface area contributed by atoms with Gasteiger partial charge in [-0.3, -0.25) is 4.99 Å². The summed E-state index contributed by atoms with van der Waals surface area (Å²) in [6.07, 6.45) is 2.12. The summed E-state index contributed by atoms with van der Waals surface area (Å²) in [7, 11) is 3.62. The van der Waals surface area contributed by atoms with Gasteiger partial charge in [0.05, 0.1) is 0 Å². The maximum Gasteiger partial charge on any atom is 0.190 e. The van der Waals surface area contributed by atoms with Gasteiger partial charge in [-0.05, 0) is 30.5 Å². The molecule has 16 heavy (non-hydrogen) atoms. The smallest absolute Gasteiger partial charge is 0.190 e. The number of aryl methyl sites for hydroxylation is 1. The predicted molar refractivity (Wildman–Crippen MR) is 70.2 cm³/mol. The van der Waals surface area contributed by atoms with Crippen LogP contribution in [0.15, 0.2) is 29.3 Å². The summed E-state index contributed by atoms with van der Waals surface area (Å²) in [5.41, 5.74) is 1.31. The van der Waals surface area contributed by atoms with E-state index in [4.69, 9.17) is 11.6 Å². The number of nitrogens with one attached hydrogen (secondary N) is 2. The molecule has 3 nitrogen and oxygen atoms in total. The normalized spacial score (nSPS) is 11.3. The van der Waals surface area contributed by atoms with Gasteiger partial charge >= 0.3 is 0 Å². The summed E-state index contributed by atoms with van der Waals surface area (Å²) < 4.78 is 0. The van der Waals surface area contributed by atoms with Crippen LogP contribution in [0.2, 0.25) is 5.02 Å². The fourth-order valence-corrected chi connectivity index (χ4v) is 1.56. The molecule has 0 spiro atoms. The second kappa shape index (κ2) is 7.12. The SMILES string of the molecule is CN=C(NC)NCCCc1ccc(Cl)cc1. The minimum absolute atomic E-state index is 0.789. The molecule has 0 radical (unpaired) electrons. The second-order valence-electron chi connectivity index (χ2n) is 3.48. The zero-order valence-corrected chi connectivity index (χ0v) is 10.5. The molecule has 0 atom stereocenters. The van der Waals surface area contributed by atoms with Crippen LogP contribution in [0.4, 0.5) is 0 Å². The summed E-state index contributed by atoms with van der Waals surface area (Å²) in [6.45, 7) is 0.913. The van der Waals surface area contributed by atoms with Crippen molar-refractivity contribution >= 4 is 17.6 Å². The highest BCUT2D eigenvalue weighted by molar-refractivity contribution is 6.30. The first kappa shape index (κ1) is 12.8. The van der Waals surface area contributed by atoms with E-state index in [2.05, 4.69) is 27.8 Å². The van der Waals surface area contributed by atoms with Gasteiger partial charge in [0, 0.05) is 25.7 Å². The Morgan fingerprint density at radius 2 is 2.00 bits per heavy atom. The second-order valence-corrected chi connectivity index (χ2v) is 3.92. The van der Waals surface area contributed by atoms with Crippen molar-refractivity contribution in [1.82, 2.24) is 10.6 Å². The quantitative estimate of drug-likeness (QED) is 0.480. The third-order valence-corrected chi connectivity index (χ3v) is 2.56. The van der Waals surface area contributed by atoms with Crippen molar-refractivity contribution in [2.75, 3.05) is 20.6 Å². The Bertz CT molecular complexity index is 333. The van der Waals surface area contributed by atoms with E-state index in [-0.39, 0.29) is 0 Å². The zero-order chi connectivity index (χ0) is 11.8. The number of hydrogen-bond acceptors (Lipinski definition) is 1. The number of hydrogen-bond donors (Lipinski definition) is 2. The van der Waals surface area contributed by atoms with Gasteiger partial charge in [0.2, 0.25) is 0 Å². The van der Waals surface area contributed by atoms with Gasteiger partial charge in [0.25, 0.3) is 0 Å². The lowest BCUT2D eigenvalue weighted by Crippen LogP contribution is -2.35. The average molecular weight is 240 g/mol. The Balaban J connectivity index is 2.23. The molecule has 0 unspecified atom stereocenters. The number of halogens is 1. The lowest BCUT2D eigenvalue weighted by atomic mass is 10.1. The maximum atomic E-state index is 5.82. The van der Waals surface area contributed by atoms with E-state index < -0.39 is 0 Å². The minimum Gasteiger partial charge on any atom is -0.359 e. The number of rotatable bonds is 4. The molecule has 1 rings (SSSR count). The van der Waals surface area contributed by atoms with Gasteiger partial charge in [-0.25, -0.2) is 0 Å². The Morgan fingerprint density at radius 1 is 1.31 bits per heavy atom. The van der Waals surface area contributed by atoms with Gasteiger partial charge in [0.1, 0.15) is 0 Å². The summed E-state index contributed by atoms with van der Waals surface area (Å²) in [5, 5.41) is 6.98.